The van der Waals surface area contributed by atoms with Gasteiger partial charge in [-0.15, -0.1) is 0 Å². The van der Waals surface area contributed by atoms with Gasteiger partial charge in [-0.3, -0.25) is 4.72 Å². The predicted molar refractivity (Wildman–Crippen MR) is 176 cm³/mol. The Labute approximate surface area is 265 Å². The molecule has 0 aliphatic rings. The molecule has 0 atom stereocenters. The van der Waals surface area contributed by atoms with Crippen molar-refractivity contribution in [1.82, 2.24) is 9.55 Å². The second-order valence-corrected chi connectivity index (χ2v) is 12.5. The fourth-order valence-corrected chi connectivity index (χ4v) is 5.54. The average molecular weight is 649 g/mol. The SMILES string of the molecule is CCn1cc(-c2ccc(Cl)cc2Cl)nc1/C=C/c1ccc(-c2ccc(Oc3ccc(C(=O)O)cc3NS(C)(=O)=O)cc2)cc1. The topological polar surface area (TPSA) is 111 Å². The van der Waals surface area contributed by atoms with Crippen LogP contribution in [-0.2, 0) is 16.6 Å². The van der Waals surface area contributed by atoms with Gasteiger partial charge in [-0.25, -0.2) is 18.2 Å². The Hall–Kier alpha value is -4.57. The van der Waals surface area contributed by atoms with Crippen molar-refractivity contribution in [2.75, 3.05) is 11.0 Å². The number of ether oxygens (including phenoxy) is 1. The van der Waals surface area contributed by atoms with Crippen molar-refractivity contribution in [1.29, 1.82) is 0 Å². The first-order valence-corrected chi connectivity index (χ1v) is 16.1. The summed E-state index contributed by atoms with van der Waals surface area (Å²) in [6.07, 6.45) is 6.92. The highest BCUT2D eigenvalue weighted by atomic mass is 35.5. The normalized spacial score (nSPS) is 11.5. The molecule has 0 aliphatic carbocycles. The molecule has 0 saturated heterocycles. The quantitative estimate of drug-likeness (QED) is 0.157. The lowest BCUT2D eigenvalue weighted by atomic mass is 10.0. The summed E-state index contributed by atoms with van der Waals surface area (Å²) < 4.78 is 33.8. The molecule has 0 aliphatic heterocycles. The first-order valence-electron chi connectivity index (χ1n) is 13.4. The summed E-state index contributed by atoms with van der Waals surface area (Å²) in [5.41, 5.74) is 4.51. The molecule has 8 nitrogen and oxygen atoms in total. The third-order valence-corrected chi connectivity index (χ3v) is 7.77. The van der Waals surface area contributed by atoms with Gasteiger partial charge in [-0.05, 0) is 78.2 Å². The lowest BCUT2D eigenvalue weighted by molar-refractivity contribution is 0.0697. The predicted octanol–water partition coefficient (Wildman–Crippen LogP) is 8.58. The summed E-state index contributed by atoms with van der Waals surface area (Å²) in [7, 11) is -3.66. The number of sulfonamides is 1. The maximum Gasteiger partial charge on any atom is 0.335 e. The Morgan fingerprint density at radius 3 is 2.25 bits per heavy atom. The number of halogens is 2. The van der Waals surface area contributed by atoms with Crippen LogP contribution >= 0.6 is 23.2 Å². The second kappa shape index (κ2) is 13.0. The van der Waals surface area contributed by atoms with Crippen molar-refractivity contribution in [3.05, 3.63) is 118 Å². The van der Waals surface area contributed by atoms with Crippen LogP contribution in [0.2, 0.25) is 10.0 Å². The van der Waals surface area contributed by atoms with Crippen LogP contribution in [0, 0.1) is 0 Å². The van der Waals surface area contributed by atoms with E-state index in [0.717, 1.165) is 46.6 Å². The fourth-order valence-electron chi connectivity index (χ4n) is 4.47. The smallest absolute Gasteiger partial charge is 0.335 e. The Kier molecular flexibility index (Phi) is 9.10. The number of hydrogen-bond acceptors (Lipinski definition) is 5. The molecule has 5 aromatic rings. The van der Waals surface area contributed by atoms with Gasteiger partial charge in [0.2, 0.25) is 10.0 Å². The molecule has 5 rings (SSSR count). The van der Waals surface area contributed by atoms with Crippen LogP contribution in [0.5, 0.6) is 11.5 Å². The number of carboxylic acids is 1. The van der Waals surface area contributed by atoms with Crippen LogP contribution in [-0.4, -0.2) is 35.3 Å². The van der Waals surface area contributed by atoms with E-state index in [4.69, 9.17) is 32.9 Å². The number of carboxylic acid groups (broad SMARTS) is 1. The van der Waals surface area contributed by atoms with Crippen LogP contribution in [0.15, 0.2) is 91.1 Å². The van der Waals surface area contributed by atoms with Gasteiger partial charge < -0.3 is 14.4 Å². The Morgan fingerprint density at radius 1 is 0.955 bits per heavy atom. The van der Waals surface area contributed by atoms with Gasteiger partial charge in [0.05, 0.1) is 28.2 Å². The molecule has 1 heterocycles. The zero-order chi connectivity index (χ0) is 31.4. The standard InChI is InChI=1S/C33H27Cl2N3O5S/c1-3-38-20-30(27-15-12-25(34)19-28(27)35)36-32(38)17-6-21-4-7-22(8-5-21)23-9-13-26(14-10-23)43-31-16-11-24(33(39)40)18-29(31)37-44(2,41)42/h4-20,37H,3H2,1-2H3,(H,39,40)/b17-6+. The molecule has 4 aromatic carbocycles. The van der Waals surface area contributed by atoms with Crippen LogP contribution in [0.3, 0.4) is 0 Å². The minimum absolute atomic E-state index is 0.0338. The molecule has 0 spiro atoms. The molecule has 1 aromatic heterocycles. The summed E-state index contributed by atoms with van der Waals surface area (Å²) in [6, 6.07) is 24.7. The number of anilines is 1. The van der Waals surface area contributed by atoms with E-state index >= 15 is 0 Å². The van der Waals surface area contributed by atoms with Gasteiger partial charge in [0.15, 0.2) is 5.75 Å². The molecule has 0 radical (unpaired) electrons. The first-order chi connectivity index (χ1) is 21.0. The molecule has 0 amide bonds. The molecule has 0 saturated carbocycles. The van der Waals surface area contributed by atoms with E-state index in [2.05, 4.69) is 16.2 Å². The second-order valence-electron chi connectivity index (χ2n) is 9.87. The molecule has 0 unspecified atom stereocenters. The minimum atomic E-state index is -3.66. The van der Waals surface area contributed by atoms with Gasteiger partial charge in [0.1, 0.15) is 11.6 Å². The average Bonchev–Trinajstić information content (AvgIpc) is 3.39. The highest BCUT2D eigenvalue weighted by Gasteiger charge is 2.14. The van der Waals surface area contributed by atoms with E-state index < -0.39 is 16.0 Å². The number of aromatic nitrogens is 2. The van der Waals surface area contributed by atoms with E-state index in [9.17, 15) is 18.3 Å². The third-order valence-electron chi connectivity index (χ3n) is 6.63. The number of hydrogen-bond donors (Lipinski definition) is 2. The number of benzene rings is 4. The molecule has 44 heavy (non-hydrogen) atoms. The number of nitrogens with one attached hydrogen (secondary N) is 1. The number of aromatic carboxylic acids is 1. The molecule has 0 bridgehead atoms. The Balaban J connectivity index is 1.30. The molecule has 224 valence electrons. The summed E-state index contributed by atoms with van der Waals surface area (Å²) >= 11 is 12.4. The van der Waals surface area contributed by atoms with Crippen molar-refractivity contribution in [2.24, 2.45) is 0 Å². The van der Waals surface area contributed by atoms with Crippen molar-refractivity contribution < 1.29 is 23.1 Å². The number of carbonyl (C=O) groups is 1. The van der Waals surface area contributed by atoms with E-state index in [0.29, 0.717) is 15.8 Å². The van der Waals surface area contributed by atoms with Crippen molar-refractivity contribution in [3.8, 4) is 33.9 Å². The molecule has 0 fully saturated rings. The first kappa shape index (κ1) is 30.9. The van der Waals surface area contributed by atoms with Crippen molar-refractivity contribution >= 4 is 57.0 Å². The molecular weight excluding hydrogens is 621 g/mol. The molecule has 11 heteroatoms. The highest BCUT2D eigenvalue weighted by molar-refractivity contribution is 7.92. The van der Waals surface area contributed by atoms with Crippen molar-refractivity contribution in [3.63, 3.8) is 0 Å². The maximum atomic E-state index is 11.8. The largest absolute Gasteiger partial charge is 0.478 e. The summed E-state index contributed by atoms with van der Waals surface area (Å²) in [5.74, 6) is 0.260. The third kappa shape index (κ3) is 7.49. The monoisotopic (exact) mass is 647 g/mol. The van der Waals surface area contributed by atoms with E-state index in [1.165, 1.54) is 18.2 Å². The van der Waals surface area contributed by atoms with Gasteiger partial charge in [-0.2, -0.15) is 0 Å². The lowest BCUT2D eigenvalue weighted by Gasteiger charge is -2.13. The van der Waals surface area contributed by atoms with Crippen LogP contribution in [0.1, 0.15) is 28.7 Å². The van der Waals surface area contributed by atoms with Crippen LogP contribution < -0.4 is 9.46 Å². The van der Waals surface area contributed by atoms with E-state index in [-0.39, 0.29) is 17.0 Å². The van der Waals surface area contributed by atoms with Gasteiger partial charge in [0.25, 0.3) is 0 Å². The van der Waals surface area contributed by atoms with E-state index in [1.54, 1.807) is 24.3 Å². The number of imidazole rings is 1. The van der Waals surface area contributed by atoms with Crippen LogP contribution in [0.4, 0.5) is 5.69 Å². The Bertz CT molecular complexity index is 1970. The maximum absolute atomic E-state index is 11.8. The molecular formula is C33H27Cl2N3O5S. The van der Waals surface area contributed by atoms with Crippen LogP contribution in [0.25, 0.3) is 34.5 Å². The zero-order valence-electron chi connectivity index (χ0n) is 23.7. The minimum Gasteiger partial charge on any atom is -0.478 e. The Morgan fingerprint density at radius 2 is 1.64 bits per heavy atom. The van der Waals surface area contributed by atoms with Gasteiger partial charge in [-0.1, -0.05) is 65.7 Å². The number of aryl methyl sites for hydroxylation is 1. The summed E-state index contributed by atoms with van der Waals surface area (Å²) in [5, 5.41) is 10.4. The number of rotatable bonds is 10. The lowest BCUT2D eigenvalue weighted by Crippen LogP contribution is -2.11. The fraction of sp³-hybridized carbons (Fsp3) is 0.0909. The highest BCUT2D eigenvalue weighted by Crippen LogP contribution is 2.33. The van der Waals surface area contributed by atoms with Gasteiger partial charge in [0, 0.05) is 23.3 Å². The number of nitrogens with zero attached hydrogens (tertiary/aromatic N) is 2. The van der Waals surface area contributed by atoms with Gasteiger partial charge >= 0.3 is 5.97 Å². The van der Waals surface area contributed by atoms with Crippen molar-refractivity contribution in [2.45, 2.75) is 13.5 Å². The molecule has 2 N–H and O–H groups in total. The van der Waals surface area contributed by atoms with E-state index in [1.807, 2.05) is 60.8 Å². The zero-order valence-corrected chi connectivity index (χ0v) is 26.0. The summed E-state index contributed by atoms with van der Waals surface area (Å²) in [4.78, 5) is 16.1. The summed E-state index contributed by atoms with van der Waals surface area (Å²) in [6.45, 7) is 2.80.